The SMILES string of the molecule is COc1cccc(C(=O)Nc2c(C)nn(Cn3cc(Cl)cn3)c2C)c1OC. The number of nitrogens with zero attached hydrogens (tertiary/aromatic N) is 4. The highest BCUT2D eigenvalue weighted by atomic mass is 35.5. The van der Waals surface area contributed by atoms with Crippen molar-refractivity contribution in [3.63, 3.8) is 0 Å². The van der Waals surface area contributed by atoms with Gasteiger partial charge in [0.25, 0.3) is 5.91 Å². The van der Waals surface area contributed by atoms with Crippen molar-refractivity contribution < 1.29 is 14.3 Å². The minimum atomic E-state index is -0.307. The van der Waals surface area contributed by atoms with Crippen LogP contribution in [-0.4, -0.2) is 39.7 Å². The molecule has 3 aromatic rings. The molecule has 0 saturated carbocycles. The van der Waals surface area contributed by atoms with Crippen molar-refractivity contribution in [1.82, 2.24) is 19.6 Å². The molecular weight excluding hydrogens is 370 g/mol. The van der Waals surface area contributed by atoms with Crippen LogP contribution in [0.3, 0.4) is 0 Å². The summed E-state index contributed by atoms with van der Waals surface area (Å²) in [5.74, 6) is 0.565. The molecule has 2 aromatic heterocycles. The van der Waals surface area contributed by atoms with Gasteiger partial charge in [0.15, 0.2) is 11.5 Å². The maximum absolute atomic E-state index is 12.8. The van der Waals surface area contributed by atoms with E-state index >= 15 is 0 Å². The van der Waals surface area contributed by atoms with Crippen LogP contribution in [0.1, 0.15) is 21.7 Å². The number of para-hydroxylation sites is 1. The van der Waals surface area contributed by atoms with E-state index in [0.29, 0.717) is 40.1 Å². The maximum Gasteiger partial charge on any atom is 0.259 e. The van der Waals surface area contributed by atoms with E-state index in [2.05, 4.69) is 15.5 Å². The van der Waals surface area contributed by atoms with Crippen LogP contribution >= 0.6 is 11.6 Å². The van der Waals surface area contributed by atoms with E-state index in [9.17, 15) is 4.79 Å². The Balaban J connectivity index is 1.87. The van der Waals surface area contributed by atoms with Gasteiger partial charge in [-0.15, -0.1) is 0 Å². The van der Waals surface area contributed by atoms with Crippen molar-refractivity contribution >= 4 is 23.2 Å². The van der Waals surface area contributed by atoms with Crippen molar-refractivity contribution in [3.8, 4) is 11.5 Å². The number of benzene rings is 1. The summed E-state index contributed by atoms with van der Waals surface area (Å²) in [5, 5.41) is 12.1. The maximum atomic E-state index is 12.8. The molecule has 142 valence electrons. The summed E-state index contributed by atoms with van der Waals surface area (Å²) in [6.45, 7) is 4.10. The van der Waals surface area contributed by atoms with E-state index in [4.69, 9.17) is 21.1 Å². The Morgan fingerprint density at radius 2 is 2.04 bits per heavy atom. The number of nitrogens with one attached hydrogen (secondary N) is 1. The molecule has 0 bridgehead atoms. The van der Waals surface area contributed by atoms with Crippen molar-refractivity contribution in [3.05, 3.63) is 52.6 Å². The quantitative estimate of drug-likeness (QED) is 0.700. The number of rotatable bonds is 6. The Morgan fingerprint density at radius 3 is 2.67 bits per heavy atom. The van der Waals surface area contributed by atoms with Crippen molar-refractivity contribution in [2.75, 3.05) is 19.5 Å². The number of amides is 1. The van der Waals surface area contributed by atoms with Gasteiger partial charge in [0.1, 0.15) is 6.67 Å². The molecule has 0 spiro atoms. The number of methoxy groups -OCH3 is 2. The zero-order valence-electron chi connectivity index (χ0n) is 15.5. The summed E-state index contributed by atoms with van der Waals surface area (Å²) in [6.07, 6.45) is 3.27. The molecule has 1 amide bonds. The summed E-state index contributed by atoms with van der Waals surface area (Å²) < 4.78 is 14.0. The number of carbonyl (C=O) groups excluding carboxylic acids is 1. The third kappa shape index (κ3) is 3.75. The van der Waals surface area contributed by atoms with E-state index in [-0.39, 0.29) is 5.91 Å². The molecule has 2 heterocycles. The van der Waals surface area contributed by atoms with Gasteiger partial charge >= 0.3 is 0 Å². The van der Waals surface area contributed by atoms with Gasteiger partial charge in [-0.25, -0.2) is 9.36 Å². The Hall–Kier alpha value is -3.00. The Bertz CT molecular complexity index is 980. The zero-order chi connectivity index (χ0) is 19.6. The molecule has 0 fully saturated rings. The first kappa shape index (κ1) is 18.8. The third-order valence-corrected chi connectivity index (χ3v) is 4.34. The van der Waals surface area contributed by atoms with Crippen molar-refractivity contribution in [2.45, 2.75) is 20.5 Å². The van der Waals surface area contributed by atoms with Crippen LogP contribution < -0.4 is 14.8 Å². The van der Waals surface area contributed by atoms with Gasteiger partial charge in [-0.05, 0) is 26.0 Å². The highest BCUT2D eigenvalue weighted by Gasteiger charge is 2.20. The van der Waals surface area contributed by atoms with Gasteiger partial charge in [-0.2, -0.15) is 10.2 Å². The first-order chi connectivity index (χ1) is 12.9. The van der Waals surface area contributed by atoms with Crippen LogP contribution in [0, 0.1) is 13.8 Å². The van der Waals surface area contributed by atoms with E-state index in [1.165, 1.54) is 14.2 Å². The highest BCUT2D eigenvalue weighted by Crippen LogP contribution is 2.31. The molecular formula is C18H20ClN5O3. The molecule has 27 heavy (non-hydrogen) atoms. The molecule has 0 aliphatic heterocycles. The lowest BCUT2D eigenvalue weighted by Crippen LogP contribution is -2.15. The number of aromatic nitrogens is 4. The fourth-order valence-corrected chi connectivity index (χ4v) is 2.97. The van der Waals surface area contributed by atoms with Gasteiger partial charge in [0.05, 0.1) is 48.1 Å². The molecule has 0 atom stereocenters. The minimum absolute atomic E-state index is 0.307. The zero-order valence-corrected chi connectivity index (χ0v) is 16.2. The summed E-state index contributed by atoms with van der Waals surface area (Å²) in [4.78, 5) is 12.8. The minimum Gasteiger partial charge on any atom is -0.493 e. The van der Waals surface area contributed by atoms with Crippen LogP contribution in [0.2, 0.25) is 5.02 Å². The van der Waals surface area contributed by atoms with E-state index < -0.39 is 0 Å². The van der Waals surface area contributed by atoms with Crippen LogP contribution in [0.25, 0.3) is 0 Å². The third-order valence-electron chi connectivity index (χ3n) is 4.15. The largest absolute Gasteiger partial charge is 0.493 e. The summed E-state index contributed by atoms with van der Waals surface area (Å²) in [6, 6.07) is 5.15. The normalized spacial score (nSPS) is 10.7. The van der Waals surface area contributed by atoms with Crippen LogP contribution in [0.15, 0.2) is 30.6 Å². The van der Waals surface area contributed by atoms with E-state index in [1.54, 1.807) is 40.0 Å². The van der Waals surface area contributed by atoms with Crippen LogP contribution in [0.5, 0.6) is 11.5 Å². The van der Waals surface area contributed by atoms with Gasteiger partial charge in [0, 0.05) is 6.20 Å². The fraction of sp³-hybridized carbons (Fsp3) is 0.278. The average molecular weight is 390 g/mol. The number of anilines is 1. The Kier molecular flexibility index (Phi) is 5.36. The second kappa shape index (κ2) is 7.71. The van der Waals surface area contributed by atoms with Gasteiger partial charge in [0.2, 0.25) is 0 Å². The van der Waals surface area contributed by atoms with Crippen LogP contribution in [0.4, 0.5) is 5.69 Å². The second-order valence-electron chi connectivity index (χ2n) is 5.88. The number of aryl methyl sites for hydroxylation is 1. The van der Waals surface area contributed by atoms with Gasteiger partial charge < -0.3 is 14.8 Å². The molecule has 1 aromatic carbocycles. The molecule has 3 rings (SSSR count). The molecule has 0 radical (unpaired) electrons. The number of halogens is 1. The standard InChI is InChI=1S/C18H20ClN5O3/c1-11-16(12(2)24(22-11)10-23-9-13(19)8-20-23)21-18(25)14-6-5-7-15(26-3)17(14)27-4/h5-9H,10H2,1-4H3,(H,21,25). The number of hydrogen-bond acceptors (Lipinski definition) is 5. The summed E-state index contributed by atoms with van der Waals surface area (Å²) in [5.41, 5.74) is 2.51. The van der Waals surface area contributed by atoms with Crippen molar-refractivity contribution in [1.29, 1.82) is 0 Å². The fourth-order valence-electron chi connectivity index (χ4n) is 2.82. The molecule has 8 nitrogen and oxygen atoms in total. The first-order valence-electron chi connectivity index (χ1n) is 8.19. The molecule has 0 aliphatic carbocycles. The predicted octanol–water partition coefficient (Wildman–Crippen LogP) is 3.13. The lowest BCUT2D eigenvalue weighted by molar-refractivity contribution is 0.102. The van der Waals surface area contributed by atoms with Gasteiger partial charge in [-0.1, -0.05) is 17.7 Å². The smallest absolute Gasteiger partial charge is 0.259 e. The van der Waals surface area contributed by atoms with Crippen LogP contribution in [-0.2, 0) is 6.67 Å². The lowest BCUT2D eigenvalue weighted by Gasteiger charge is -2.13. The molecule has 0 aliphatic rings. The second-order valence-corrected chi connectivity index (χ2v) is 6.32. The first-order valence-corrected chi connectivity index (χ1v) is 8.56. The topological polar surface area (TPSA) is 83.2 Å². The average Bonchev–Trinajstić information content (AvgIpc) is 3.18. The number of carbonyl (C=O) groups is 1. The summed E-state index contributed by atoms with van der Waals surface area (Å²) >= 11 is 5.90. The molecule has 0 saturated heterocycles. The summed E-state index contributed by atoms with van der Waals surface area (Å²) in [7, 11) is 3.03. The Morgan fingerprint density at radius 1 is 1.26 bits per heavy atom. The van der Waals surface area contributed by atoms with E-state index in [1.807, 2.05) is 13.8 Å². The number of ether oxygens (including phenoxy) is 2. The molecule has 0 unspecified atom stereocenters. The van der Waals surface area contributed by atoms with E-state index in [0.717, 1.165) is 5.69 Å². The lowest BCUT2D eigenvalue weighted by atomic mass is 10.1. The molecule has 9 heteroatoms. The van der Waals surface area contributed by atoms with Crippen molar-refractivity contribution in [2.24, 2.45) is 0 Å². The monoisotopic (exact) mass is 389 g/mol. The number of hydrogen-bond donors (Lipinski definition) is 1. The van der Waals surface area contributed by atoms with Gasteiger partial charge in [-0.3, -0.25) is 4.79 Å². The predicted molar refractivity (Wildman–Crippen MR) is 102 cm³/mol. The highest BCUT2D eigenvalue weighted by molar-refractivity contribution is 6.30. The Labute approximate surface area is 161 Å². The molecule has 1 N–H and O–H groups in total.